The Balaban J connectivity index is 0. The molecule has 0 unspecified atom stereocenters. The van der Waals surface area contributed by atoms with E-state index in [0.717, 1.165) is 12.8 Å². The predicted octanol–water partition coefficient (Wildman–Crippen LogP) is 0.0664. The van der Waals surface area contributed by atoms with E-state index in [1.165, 1.54) is 38.5 Å². The van der Waals surface area contributed by atoms with Crippen LogP contribution in [-0.4, -0.2) is 18.7 Å². The molecule has 0 aliphatic heterocycles. The Morgan fingerprint density at radius 1 is 0.812 bits per heavy atom. The van der Waals surface area contributed by atoms with Crippen molar-refractivity contribution in [1.29, 1.82) is 0 Å². The van der Waals surface area contributed by atoms with E-state index in [1.807, 2.05) is 0 Å². The molecule has 0 atom stereocenters. The molecule has 5 heteroatoms. The van der Waals surface area contributed by atoms with Crippen LogP contribution in [0.15, 0.2) is 0 Å². The third-order valence-electron chi connectivity index (χ3n) is 2.50. The van der Waals surface area contributed by atoms with Gasteiger partial charge in [-0.05, 0) is 6.42 Å². The van der Waals surface area contributed by atoms with Crippen LogP contribution in [0.4, 0.5) is 0 Å². The van der Waals surface area contributed by atoms with Crippen LogP contribution < -0.4 is 18.9 Å². The summed E-state index contributed by atoms with van der Waals surface area (Å²) in [6.45, 7) is 2.20. The summed E-state index contributed by atoms with van der Waals surface area (Å²) in [7, 11) is -3.98. The summed E-state index contributed by atoms with van der Waals surface area (Å²) in [5, 5.41) is 0. The molecule has 0 N–H and O–H groups in total. The average Bonchev–Trinajstić information content (AvgIpc) is 2.14. The summed E-state index contributed by atoms with van der Waals surface area (Å²) >= 11 is 0. The minimum absolute atomic E-state index is 0. The van der Waals surface area contributed by atoms with Crippen molar-refractivity contribution in [3.63, 3.8) is 0 Å². The second-order valence-corrected chi connectivity index (χ2v) is 5.61. The smallest absolute Gasteiger partial charge is 0.748 e. The largest absolute Gasteiger partial charge is 1.00 e. The van der Waals surface area contributed by atoms with Gasteiger partial charge in [0.1, 0.15) is 0 Å². The van der Waals surface area contributed by atoms with Gasteiger partial charge in [-0.3, -0.25) is 0 Å². The molecule has 0 aromatic carbocycles. The van der Waals surface area contributed by atoms with E-state index in [4.69, 9.17) is 0 Å². The molecule has 0 saturated heterocycles. The van der Waals surface area contributed by atoms with Crippen molar-refractivity contribution in [1.82, 2.24) is 0 Å². The van der Waals surface area contributed by atoms with Crippen LogP contribution in [0.1, 0.15) is 64.7 Å². The molecule has 0 heterocycles. The van der Waals surface area contributed by atoms with Gasteiger partial charge in [-0.2, -0.15) is 0 Å². The van der Waals surface area contributed by atoms with E-state index in [-0.39, 0.29) is 24.6 Å². The summed E-state index contributed by atoms with van der Waals surface area (Å²) in [5.41, 5.74) is 0. The molecule has 0 aromatic rings. The van der Waals surface area contributed by atoms with Crippen molar-refractivity contribution in [3.8, 4) is 0 Å². The van der Waals surface area contributed by atoms with Crippen LogP contribution in [-0.2, 0) is 10.1 Å². The van der Waals surface area contributed by atoms with Gasteiger partial charge in [0.25, 0.3) is 0 Å². The van der Waals surface area contributed by atoms with E-state index < -0.39 is 10.1 Å². The quantitative estimate of drug-likeness (QED) is 0.309. The Labute approximate surface area is 112 Å². The van der Waals surface area contributed by atoms with Crippen LogP contribution >= 0.6 is 0 Å². The maximum absolute atomic E-state index is 10.3. The summed E-state index contributed by atoms with van der Waals surface area (Å²) in [5.74, 6) is -0.192. The van der Waals surface area contributed by atoms with Gasteiger partial charge in [0.15, 0.2) is 0 Å². The first kappa shape index (κ1) is 18.9. The number of rotatable bonds is 10. The SMILES string of the molecule is CCCCCCCCCCCS(=O)(=O)[O-].[Li+]. The molecule has 0 saturated carbocycles. The second-order valence-electron chi connectivity index (χ2n) is 4.09. The van der Waals surface area contributed by atoms with Crippen molar-refractivity contribution in [2.45, 2.75) is 64.7 Å². The molecule has 0 aliphatic carbocycles. The van der Waals surface area contributed by atoms with E-state index in [0.29, 0.717) is 6.42 Å². The van der Waals surface area contributed by atoms with E-state index in [9.17, 15) is 13.0 Å². The minimum Gasteiger partial charge on any atom is -0.748 e. The van der Waals surface area contributed by atoms with Crippen molar-refractivity contribution >= 4 is 10.1 Å². The van der Waals surface area contributed by atoms with Crippen molar-refractivity contribution in [2.24, 2.45) is 0 Å². The predicted molar refractivity (Wildman–Crippen MR) is 61.8 cm³/mol. The zero-order valence-electron chi connectivity index (χ0n) is 10.7. The number of hydrogen-bond acceptors (Lipinski definition) is 3. The first-order chi connectivity index (χ1) is 7.06. The zero-order chi connectivity index (χ0) is 11.6. The van der Waals surface area contributed by atoms with Gasteiger partial charge >= 0.3 is 18.9 Å². The topological polar surface area (TPSA) is 57.2 Å². The summed E-state index contributed by atoms with van der Waals surface area (Å²) in [6.07, 6.45) is 10.0. The van der Waals surface area contributed by atoms with Gasteiger partial charge in [-0.15, -0.1) is 0 Å². The molecule has 16 heavy (non-hydrogen) atoms. The fourth-order valence-electron chi connectivity index (χ4n) is 1.59. The minimum atomic E-state index is -3.98. The molecule has 0 aromatic heterocycles. The molecule has 0 amide bonds. The van der Waals surface area contributed by atoms with Gasteiger partial charge in [-0.25, -0.2) is 8.42 Å². The summed E-state index contributed by atoms with van der Waals surface area (Å²) in [4.78, 5) is 0. The molecule has 0 spiro atoms. The fraction of sp³-hybridized carbons (Fsp3) is 1.00. The summed E-state index contributed by atoms with van der Waals surface area (Å²) in [6, 6.07) is 0. The van der Waals surface area contributed by atoms with Gasteiger partial charge in [0.05, 0.1) is 10.1 Å². The first-order valence-corrected chi connectivity index (χ1v) is 7.57. The second kappa shape index (κ2) is 12.0. The Bertz CT molecular complexity index is 227. The van der Waals surface area contributed by atoms with Crippen molar-refractivity contribution in [2.75, 3.05) is 5.75 Å². The average molecular weight is 242 g/mol. The normalized spacial score (nSPS) is 11.1. The Morgan fingerprint density at radius 3 is 1.56 bits per heavy atom. The maximum Gasteiger partial charge on any atom is 1.00 e. The van der Waals surface area contributed by atoms with E-state index in [1.54, 1.807) is 0 Å². The third kappa shape index (κ3) is 16.9. The van der Waals surface area contributed by atoms with Crippen LogP contribution in [0.25, 0.3) is 0 Å². The number of unbranched alkanes of at least 4 members (excludes halogenated alkanes) is 8. The van der Waals surface area contributed by atoms with Gasteiger partial charge in [0.2, 0.25) is 0 Å². The van der Waals surface area contributed by atoms with Crippen LogP contribution in [0, 0.1) is 0 Å². The monoisotopic (exact) mass is 242 g/mol. The maximum atomic E-state index is 10.3. The van der Waals surface area contributed by atoms with Crippen LogP contribution in [0.2, 0.25) is 0 Å². The van der Waals surface area contributed by atoms with E-state index >= 15 is 0 Å². The third-order valence-corrected chi connectivity index (χ3v) is 3.29. The van der Waals surface area contributed by atoms with Crippen molar-refractivity contribution < 1.29 is 31.8 Å². The number of hydrogen-bond donors (Lipinski definition) is 0. The molecule has 92 valence electrons. The fourth-order valence-corrected chi connectivity index (χ4v) is 2.15. The molecule has 0 aliphatic rings. The molecule has 0 radical (unpaired) electrons. The standard InChI is InChI=1S/C11H24O3S.Li/c1-2-3-4-5-6-7-8-9-10-11-15(12,13)14;/h2-11H2,1H3,(H,12,13,14);/q;+1/p-1. The summed E-state index contributed by atoms with van der Waals surface area (Å²) < 4.78 is 30.8. The van der Waals surface area contributed by atoms with Gasteiger partial charge in [-0.1, -0.05) is 58.3 Å². The molecular weight excluding hydrogens is 219 g/mol. The van der Waals surface area contributed by atoms with Crippen LogP contribution in [0.5, 0.6) is 0 Å². The molecular formula is C11H23LiO3S. The molecule has 0 bridgehead atoms. The van der Waals surface area contributed by atoms with Crippen LogP contribution in [0.3, 0.4) is 0 Å². The zero-order valence-corrected chi connectivity index (χ0v) is 11.5. The Kier molecular flexibility index (Phi) is 14.1. The Hall–Kier alpha value is 0.507. The van der Waals surface area contributed by atoms with Crippen molar-refractivity contribution in [3.05, 3.63) is 0 Å². The Morgan fingerprint density at radius 2 is 1.19 bits per heavy atom. The molecule has 3 nitrogen and oxygen atoms in total. The van der Waals surface area contributed by atoms with Gasteiger partial charge in [0, 0.05) is 5.75 Å². The van der Waals surface area contributed by atoms with E-state index in [2.05, 4.69) is 6.92 Å². The van der Waals surface area contributed by atoms with Gasteiger partial charge < -0.3 is 4.55 Å². The first-order valence-electron chi connectivity index (χ1n) is 6.00. The molecule has 0 rings (SSSR count). The molecule has 0 fully saturated rings.